The molecule has 0 aliphatic carbocycles. The van der Waals surface area contributed by atoms with Gasteiger partial charge in [-0.1, -0.05) is 41.4 Å². The van der Waals surface area contributed by atoms with E-state index < -0.39 is 0 Å². The standard InChI is InChI=1S/C24H18Cl2N2O3S/c1-30-20-11-4-16(12-21(20)31-14-15-2-5-17(25)6-3-15)13-22-23(29)28-24(32-22)27-19-9-7-18(26)8-10-19/h2-13H,14H2,1H3,(H,27,28,29)/b22-13-. The summed E-state index contributed by atoms with van der Waals surface area (Å²) in [6, 6.07) is 20.0. The van der Waals surface area contributed by atoms with Crippen molar-refractivity contribution < 1.29 is 14.3 Å². The lowest BCUT2D eigenvalue weighted by Gasteiger charge is -2.12. The van der Waals surface area contributed by atoms with Gasteiger partial charge in [0.25, 0.3) is 5.91 Å². The number of nitrogens with zero attached hydrogens (tertiary/aromatic N) is 1. The van der Waals surface area contributed by atoms with Crippen LogP contribution >= 0.6 is 35.0 Å². The first-order chi connectivity index (χ1) is 15.5. The van der Waals surface area contributed by atoms with Gasteiger partial charge in [0.1, 0.15) is 6.61 Å². The average Bonchev–Trinajstić information content (AvgIpc) is 3.13. The van der Waals surface area contributed by atoms with Crippen molar-refractivity contribution in [3.05, 3.63) is 92.8 Å². The van der Waals surface area contributed by atoms with Crippen LogP contribution in [0.5, 0.6) is 11.5 Å². The Morgan fingerprint density at radius 3 is 2.34 bits per heavy atom. The number of ether oxygens (including phenoxy) is 2. The third kappa shape index (κ3) is 5.65. The number of hydrogen-bond acceptors (Lipinski definition) is 5. The van der Waals surface area contributed by atoms with E-state index in [9.17, 15) is 4.79 Å². The molecule has 1 saturated heterocycles. The summed E-state index contributed by atoms with van der Waals surface area (Å²) in [6.45, 7) is 0.362. The summed E-state index contributed by atoms with van der Waals surface area (Å²) >= 11 is 13.1. The number of amidine groups is 1. The van der Waals surface area contributed by atoms with Crippen molar-refractivity contribution in [2.75, 3.05) is 7.11 Å². The van der Waals surface area contributed by atoms with Gasteiger partial charge in [0.05, 0.1) is 17.7 Å². The largest absolute Gasteiger partial charge is 0.493 e. The minimum Gasteiger partial charge on any atom is -0.493 e. The molecule has 5 nitrogen and oxygen atoms in total. The molecule has 0 radical (unpaired) electrons. The number of benzene rings is 3. The van der Waals surface area contributed by atoms with E-state index in [2.05, 4.69) is 10.3 Å². The number of aliphatic imine (C=N–C) groups is 1. The fourth-order valence-electron chi connectivity index (χ4n) is 2.90. The summed E-state index contributed by atoms with van der Waals surface area (Å²) in [5.74, 6) is 0.979. The van der Waals surface area contributed by atoms with E-state index in [-0.39, 0.29) is 5.91 Å². The predicted octanol–water partition coefficient (Wildman–Crippen LogP) is 6.47. The smallest absolute Gasteiger partial charge is 0.264 e. The minimum absolute atomic E-state index is 0.206. The quantitative estimate of drug-likeness (QED) is 0.407. The molecule has 162 valence electrons. The van der Waals surface area contributed by atoms with E-state index in [0.29, 0.717) is 43.9 Å². The fourth-order valence-corrected chi connectivity index (χ4v) is 4.00. The zero-order valence-electron chi connectivity index (χ0n) is 17.0. The molecule has 0 spiro atoms. The highest BCUT2D eigenvalue weighted by atomic mass is 35.5. The van der Waals surface area contributed by atoms with Gasteiger partial charge in [-0.2, -0.15) is 0 Å². The molecule has 0 atom stereocenters. The molecule has 0 aromatic heterocycles. The predicted molar refractivity (Wildman–Crippen MR) is 131 cm³/mol. The molecule has 8 heteroatoms. The van der Waals surface area contributed by atoms with Crippen molar-refractivity contribution in [2.45, 2.75) is 6.61 Å². The Kier molecular flexibility index (Phi) is 7.05. The van der Waals surface area contributed by atoms with Crippen LogP contribution in [0.25, 0.3) is 6.08 Å². The van der Waals surface area contributed by atoms with Crippen molar-refractivity contribution >= 4 is 57.8 Å². The van der Waals surface area contributed by atoms with Crippen LogP contribution in [-0.4, -0.2) is 18.2 Å². The Hall–Kier alpha value is -2.93. The van der Waals surface area contributed by atoms with Gasteiger partial charge in [0, 0.05) is 10.0 Å². The summed E-state index contributed by atoms with van der Waals surface area (Å²) in [7, 11) is 1.59. The molecule has 0 bridgehead atoms. The number of halogens is 2. The van der Waals surface area contributed by atoms with Crippen LogP contribution in [0.4, 0.5) is 5.69 Å². The highest BCUT2D eigenvalue weighted by Crippen LogP contribution is 2.33. The monoisotopic (exact) mass is 484 g/mol. The van der Waals surface area contributed by atoms with Gasteiger partial charge in [-0.3, -0.25) is 4.79 Å². The average molecular weight is 485 g/mol. The first kappa shape index (κ1) is 22.3. The van der Waals surface area contributed by atoms with Crippen molar-refractivity contribution in [1.82, 2.24) is 5.32 Å². The van der Waals surface area contributed by atoms with E-state index in [1.165, 1.54) is 11.8 Å². The van der Waals surface area contributed by atoms with Gasteiger partial charge < -0.3 is 14.8 Å². The number of carbonyl (C=O) groups excluding carboxylic acids is 1. The minimum atomic E-state index is -0.206. The van der Waals surface area contributed by atoms with Crippen LogP contribution in [0.3, 0.4) is 0 Å². The molecule has 3 aromatic carbocycles. The second-order valence-electron chi connectivity index (χ2n) is 6.78. The lowest BCUT2D eigenvalue weighted by Crippen LogP contribution is -2.19. The van der Waals surface area contributed by atoms with Crippen molar-refractivity contribution in [3.8, 4) is 11.5 Å². The SMILES string of the molecule is COc1ccc(/C=C2\SC(=Nc3ccc(Cl)cc3)NC2=O)cc1OCc1ccc(Cl)cc1. The molecule has 1 aliphatic rings. The number of amides is 1. The Morgan fingerprint density at radius 1 is 0.969 bits per heavy atom. The summed E-state index contributed by atoms with van der Waals surface area (Å²) in [5, 5.41) is 4.60. The second kappa shape index (κ2) is 10.1. The van der Waals surface area contributed by atoms with Crippen LogP contribution in [0.2, 0.25) is 10.0 Å². The maximum Gasteiger partial charge on any atom is 0.264 e. The van der Waals surface area contributed by atoms with E-state index in [1.807, 2.05) is 42.5 Å². The van der Waals surface area contributed by atoms with Crippen LogP contribution in [0, 0.1) is 0 Å². The Morgan fingerprint density at radius 2 is 1.66 bits per heavy atom. The zero-order valence-corrected chi connectivity index (χ0v) is 19.3. The van der Waals surface area contributed by atoms with Gasteiger partial charge in [-0.05, 0) is 77.5 Å². The molecule has 3 aromatic rings. The first-order valence-electron chi connectivity index (χ1n) is 9.60. The number of thioether (sulfide) groups is 1. The number of methoxy groups -OCH3 is 1. The highest BCUT2D eigenvalue weighted by molar-refractivity contribution is 8.18. The lowest BCUT2D eigenvalue weighted by atomic mass is 10.2. The number of hydrogen-bond donors (Lipinski definition) is 1. The lowest BCUT2D eigenvalue weighted by molar-refractivity contribution is -0.115. The van der Waals surface area contributed by atoms with Crippen LogP contribution in [0.15, 0.2) is 76.6 Å². The van der Waals surface area contributed by atoms with Crippen LogP contribution < -0.4 is 14.8 Å². The Labute approximate surface area is 200 Å². The maximum atomic E-state index is 12.4. The molecule has 1 fully saturated rings. The molecule has 32 heavy (non-hydrogen) atoms. The first-order valence-corrected chi connectivity index (χ1v) is 11.2. The second-order valence-corrected chi connectivity index (χ2v) is 8.69. The molecule has 0 saturated carbocycles. The fraction of sp³-hybridized carbons (Fsp3) is 0.0833. The molecule has 0 unspecified atom stereocenters. The summed E-state index contributed by atoms with van der Waals surface area (Å²) < 4.78 is 11.4. The normalized spacial score (nSPS) is 15.8. The molecule has 1 heterocycles. The van der Waals surface area contributed by atoms with E-state index >= 15 is 0 Å². The molecular formula is C24H18Cl2N2O3S. The molecule has 1 amide bonds. The van der Waals surface area contributed by atoms with Gasteiger partial charge in [0.15, 0.2) is 16.7 Å². The third-order valence-electron chi connectivity index (χ3n) is 4.50. The summed E-state index contributed by atoms with van der Waals surface area (Å²) in [4.78, 5) is 17.4. The van der Waals surface area contributed by atoms with Gasteiger partial charge in [-0.25, -0.2) is 4.99 Å². The van der Waals surface area contributed by atoms with Crippen molar-refractivity contribution in [1.29, 1.82) is 0 Å². The van der Waals surface area contributed by atoms with Gasteiger partial charge in [-0.15, -0.1) is 0 Å². The summed E-state index contributed by atoms with van der Waals surface area (Å²) in [5.41, 5.74) is 2.50. The molecule has 1 N–H and O–H groups in total. The van der Waals surface area contributed by atoms with Crippen LogP contribution in [-0.2, 0) is 11.4 Å². The third-order valence-corrected chi connectivity index (χ3v) is 5.92. The highest BCUT2D eigenvalue weighted by Gasteiger charge is 2.24. The molecular weight excluding hydrogens is 467 g/mol. The van der Waals surface area contributed by atoms with Crippen molar-refractivity contribution in [3.63, 3.8) is 0 Å². The van der Waals surface area contributed by atoms with E-state index in [1.54, 1.807) is 37.5 Å². The number of carbonyl (C=O) groups is 1. The Bertz CT molecular complexity index is 1190. The number of rotatable bonds is 6. The van der Waals surface area contributed by atoms with Crippen LogP contribution in [0.1, 0.15) is 11.1 Å². The summed E-state index contributed by atoms with van der Waals surface area (Å²) in [6.07, 6.45) is 1.79. The molecule has 1 aliphatic heterocycles. The zero-order chi connectivity index (χ0) is 22.5. The van der Waals surface area contributed by atoms with Gasteiger partial charge in [0.2, 0.25) is 0 Å². The van der Waals surface area contributed by atoms with E-state index in [4.69, 9.17) is 32.7 Å². The number of nitrogens with one attached hydrogen (secondary N) is 1. The van der Waals surface area contributed by atoms with Crippen molar-refractivity contribution in [2.24, 2.45) is 4.99 Å². The van der Waals surface area contributed by atoms with E-state index in [0.717, 1.165) is 11.1 Å². The molecule has 4 rings (SSSR count). The topological polar surface area (TPSA) is 59.9 Å². The van der Waals surface area contributed by atoms with Gasteiger partial charge >= 0.3 is 0 Å². The Balaban J connectivity index is 1.51. The maximum absolute atomic E-state index is 12.4.